The lowest BCUT2D eigenvalue weighted by Gasteiger charge is -2.06. The third-order valence-electron chi connectivity index (χ3n) is 1.57. The number of nitrogens with one attached hydrogen (secondary N) is 2. The van der Waals surface area contributed by atoms with Gasteiger partial charge in [-0.25, -0.2) is 4.79 Å². The second-order valence-electron chi connectivity index (χ2n) is 2.81. The molecule has 0 aromatic rings. The molecule has 0 aliphatic heterocycles. The predicted molar refractivity (Wildman–Crippen MR) is 56.1 cm³/mol. The SMILES string of the molecule is COCCOCC(=O)NCCNC(=O)OC. The van der Waals surface area contributed by atoms with Gasteiger partial charge in [0.15, 0.2) is 0 Å². The zero-order chi connectivity index (χ0) is 12.2. The number of ether oxygens (including phenoxy) is 3. The fourth-order valence-electron chi connectivity index (χ4n) is 0.797. The first-order chi connectivity index (χ1) is 7.70. The number of carbonyl (C=O) groups excluding carboxylic acids is 2. The van der Waals surface area contributed by atoms with Gasteiger partial charge >= 0.3 is 6.09 Å². The van der Waals surface area contributed by atoms with Gasteiger partial charge in [-0.05, 0) is 0 Å². The zero-order valence-corrected chi connectivity index (χ0v) is 9.58. The van der Waals surface area contributed by atoms with Crippen LogP contribution in [0.15, 0.2) is 0 Å². The highest BCUT2D eigenvalue weighted by atomic mass is 16.5. The van der Waals surface area contributed by atoms with Crippen LogP contribution in [-0.2, 0) is 19.0 Å². The van der Waals surface area contributed by atoms with Gasteiger partial charge in [-0.1, -0.05) is 0 Å². The highest BCUT2D eigenvalue weighted by molar-refractivity contribution is 5.77. The summed E-state index contributed by atoms with van der Waals surface area (Å²) in [5.41, 5.74) is 0. The first kappa shape index (κ1) is 14.7. The number of hydrogen-bond donors (Lipinski definition) is 2. The van der Waals surface area contributed by atoms with Crippen LogP contribution >= 0.6 is 0 Å². The second-order valence-corrected chi connectivity index (χ2v) is 2.81. The summed E-state index contributed by atoms with van der Waals surface area (Å²) in [6, 6.07) is 0. The summed E-state index contributed by atoms with van der Waals surface area (Å²) < 4.78 is 14.1. The number of hydrogen-bond acceptors (Lipinski definition) is 5. The summed E-state index contributed by atoms with van der Waals surface area (Å²) in [4.78, 5) is 21.7. The van der Waals surface area contributed by atoms with Crippen molar-refractivity contribution >= 4 is 12.0 Å². The monoisotopic (exact) mass is 234 g/mol. The summed E-state index contributed by atoms with van der Waals surface area (Å²) >= 11 is 0. The number of rotatable bonds is 8. The molecule has 0 fully saturated rings. The van der Waals surface area contributed by atoms with E-state index in [0.717, 1.165) is 0 Å². The summed E-state index contributed by atoms with van der Waals surface area (Å²) in [7, 11) is 2.83. The molecule has 0 aromatic heterocycles. The van der Waals surface area contributed by atoms with E-state index in [9.17, 15) is 9.59 Å². The van der Waals surface area contributed by atoms with Gasteiger partial charge < -0.3 is 24.8 Å². The molecule has 0 aromatic carbocycles. The molecule has 16 heavy (non-hydrogen) atoms. The fraction of sp³-hybridized carbons (Fsp3) is 0.778. The van der Waals surface area contributed by atoms with Crippen molar-refractivity contribution in [3.63, 3.8) is 0 Å². The molecule has 0 unspecified atom stereocenters. The Labute approximate surface area is 94.4 Å². The third kappa shape index (κ3) is 9.22. The minimum Gasteiger partial charge on any atom is -0.453 e. The van der Waals surface area contributed by atoms with E-state index in [2.05, 4.69) is 15.4 Å². The van der Waals surface area contributed by atoms with Crippen molar-refractivity contribution in [1.82, 2.24) is 10.6 Å². The molecule has 0 radical (unpaired) electrons. The van der Waals surface area contributed by atoms with Crippen molar-refractivity contribution in [2.24, 2.45) is 0 Å². The highest BCUT2D eigenvalue weighted by Crippen LogP contribution is 1.76. The van der Waals surface area contributed by atoms with Crippen molar-refractivity contribution in [1.29, 1.82) is 0 Å². The molecule has 0 aliphatic carbocycles. The molecule has 94 valence electrons. The molecule has 7 nitrogen and oxygen atoms in total. The molecule has 2 N–H and O–H groups in total. The lowest BCUT2D eigenvalue weighted by molar-refractivity contribution is -0.126. The molecule has 7 heteroatoms. The van der Waals surface area contributed by atoms with E-state index in [1.165, 1.54) is 7.11 Å². The minimum absolute atomic E-state index is 0.0123. The minimum atomic E-state index is -0.523. The molecule has 0 spiro atoms. The van der Waals surface area contributed by atoms with Gasteiger partial charge in [0.05, 0.1) is 20.3 Å². The normalized spacial score (nSPS) is 9.62. The number of methoxy groups -OCH3 is 2. The number of amides is 2. The maximum atomic E-state index is 11.1. The molecule has 0 saturated carbocycles. The fourth-order valence-corrected chi connectivity index (χ4v) is 0.797. The van der Waals surface area contributed by atoms with E-state index in [1.54, 1.807) is 7.11 Å². The maximum Gasteiger partial charge on any atom is 0.406 e. The van der Waals surface area contributed by atoms with Crippen molar-refractivity contribution in [3.05, 3.63) is 0 Å². The van der Waals surface area contributed by atoms with Crippen LogP contribution in [0.3, 0.4) is 0 Å². The smallest absolute Gasteiger partial charge is 0.406 e. The van der Waals surface area contributed by atoms with Gasteiger partial charge in [0.1, 0.15) is 6.61 Å². The molecular weight excluding hydrogens is 216 g/mol. The van der Waals surface area contributed by atoms with Crippen LogP contribution in [0.5, 0.6) is 0 Å². The zero-order valence-electron chi connectivity index (χ0n) is 9.58. The Balaban J connectivity index is 3.27. The lowest BCUT2D eigenvalue weighted by atomic mass is 10.5. The molecular formula is C9H18N2O5. The van der Waals surface area contributed by atoms with Crippen molar-refractivity contribution in [2.45, 2.75) is 0 Å². The molecule has 0 atom stereocenters. The van der Waals surface area contributed by atoms with Crippen molar-refractivity contribution < 1.29 is 23.8 Å². The van der Waals surface area contributed by atoms with Gasteiger partial charge in [0.2, 0.25) is 5.91 Å². The summed E-state index contributed by atoms with van der Waals surface area (Å²) in [5.74, 6) is -0.234. The first-order valence-corrected chi connectivity index (χ1v) is 4.86. The maximum absolute atomic E-state index is 11.1. The van der Waals surface area contributed by atoms with Crippen molar-refractivity contribution in [2.75, 3.05) is 47.1 Å². The first-order valence-electron chi connectivity index (χ1n) is 4.86. The largest absolute Gasteiger partial charge is 0.453 e. The van der Waals surface area contributed by atoms with Crippen LogP contribution in [0.4, 0.5) is 4.79 Å². The average molecular weight is 234 g/mol. The molecule has 0 aliphatic rings. The van der Waals surface area contributed by atoms with E-state index < -0.39 is 6.09 Å². The lowest BCUT2D eigenvalue weighted by Crippen LogP contribution is -2.36. The summed E-state index contributed by atoms with van der Waals surface area (Å²) in [6.07, 6.45) is -0.523. The summed E-state index contributed by atoms with van der Waals surface area (Å²) in [5, 5.41) is 4.99. The van der Waals surface area contributed by atoms with Crippen LogP contribution < -0.4 is 10.6 Å². The van der Waals surface area contributed by atoms with Crippen LogP contribution in [-0.4, -0.2) is 59.1 Å². The Hall–Kier alpha value is -1.34. The summed E-state index contributed by atoms with van der Waals surface area (Å²) in [6.45, 7) is 1.47. The van der Waals surface area contributed by atoms with E-state index in [-0.39, 0.29) is 12.5 Å². The Morgan fingerprint density at radius 3 is 2.38 bits per heavy atom. The van der Waals surface area contributed by atoms with E-state index in [0.29, 0.717) is 26.3 Å². The Bertz CT molecular complexity index is 210. The van der Waals surface area contributed by atoms with E-state index >= 15 is 0 Å². The Kier molecular flexibility index (Phi) is 9.33. The predicted octanol–water partition coefficient (Wildman–Crippen LogP) is -0.878. The average Bonchev–Trinajstić information content (AvgIpc) is 2.30. The molecule has 0 heterocycles. The van der Waals surface area contributed by atoms with Gasteiger partial charge in [-0.3, -0.25) is 4.79 Å². The van der Waals surface area contributed by atoms with E-state index in [4.69, 9.17) is 9.47 Å². The van der Waals surface area contributed by atoms with Crippen LogP contribution in [0, 0.1) is 0 Å². The highest BCUT2D eigenvalue weighted by Gasteiger charge is 2.01. The second kappa shape index (κ2) is 10.2. The van der Waals surface area contributed by atoms with Crippen LogP contribution in [0.25, 0.3) is 0 Å². The Morgan fingerprint density at radius 2 is 1.75 bits per heavy atom. The number of alkyl carbamates (subject to hydrolysis) is 1. The van der Waals surface area contributed by atoms with Gasteiger partial charge in [0, 0.05) is 20.2 Å². The van der Waals surface area contributed by atoms with Gasteiger partial charge in [-0.15, -0.1) is 0 Å². The number of carbonyl (C=O) groups is 2. The van der Waals surface area contributed by atoms with E-state index in [1.807, 2.05) is 0 Å². The van der Waals surface area contributed by atoms with Crippen LogP contribution in [0.1, 0.15) is 0 Å². The van der Waals surface area contributed by atoms with Gasteiger partial charge in [-0.2, -0.15) is 0 Å². The molecule has 0 bridgehead atoms. The standard InChI is InChI=1S/C9H18N2O5/c1-14-5-6-16-7-8(12)10-3-4-11-9(13)15-2/h3-7H2,1-2H3,(H,10,12)(H,11,13). The Morgan fingerprint density at radius 1 is 1.06 bits per heavy atom. The molecule has 0 rings (SSSR count). The third-order valence-corrected chi connectivity index (χ3v) is 1.57. The quantitative estimate of drug-likeness (QED) is 0.533. The molecule has 0 saturated heterocycles. The van der Waals surface area contributed by atoms with Crippen LogP contribution in [0.2, 0.25) is 0 Å². The molecule has 2 amide bonds. The van der Waals surface area contributed by atoms with Gasteiger partial charge in [0.25, 0.3) is 0 Å². The van der Waals surface area contributed by atoms with Crippen molar-refractivity contribution in [3.8, 4) is 0 Å². The topological polar surface area (TPSA) is 85.9 Å².